The van der Waals surface area contributed by atoms with E-state index >= 15 is 0 Å². The third-order valence-corrected chi connectivity index (χ3v) is 4.08. The molecule has 1 saturated carbocycles. The van der Waals surface area contributed by atoms with Gasteiger partial charge in [-0.2, -0.15) is 0 Å². The lowest BCUT2D eigenvalue weighted by atomic mass is 10.2. The van der Waals surface area contributed by atoms with E-state index in [1.807, 2.05) is 6.92 Å². The van der Waals surface area contributed by atoms with Gasteiger partial charge in [-0.05, 0) is 25.7 Å². The van der Waals surface area contributed by atoms with Crippen molar-refractivity contribution in [3.8, 4) is 0 Å². The van der Waals surface area contributed by atoms with Crippen LogP contribution >= 0.6 is 11.3 Å². The monoisotopic (exact) mass is 253 g/mol. The summed E-state index contributed by atoms with van der Waals surface area (Å²) in [5, 5.41) is 3.22. The van der Waals surface area contributed by atoms with Crippen LogP contribution in [0.1, 0.15) is 50.4 Å². The number of rotatable bonds is 6. The van der Waals surface area contributed by atoms with E-state index in [-0.39, 0.29) is 6.04 Å². The molecule has 4 heteroatoms. The molecule has 17 heavy (non-hydrogen) atoms. The maximum absolute atomic E-state index is 5.85. The van der Waals surface area contributed by atoms with Crippen LogP contribution in [0.15, 0.2) is 5.38 Å². The molecule has 0 amide bonds. The minimum absolute atomic E-state index is 0.0632. The van der Waals surface area contributed by atoms with Crippen LogP contribution in [0.5, 0.6) is 0 Å². The largest absolute Gasteiger partial charge is 0.322 e. The molecule has 0 bridgehead atoms. The Morgan fingerprint density at radius 3 is 2.65 bits per heavy atom. The van der Waals surface area contributed by atoms with E-state index in [1.54, 1.807) is 11.3 Å². The summed E-state index contributed by atoms with van der Waals surface area (Å²) < 4.78 is 0. The summed E-state index contributed by atoms with van der Waals surface area (Å²) in [4.78, 5) is 7.19. The van der Waals surface area contributed by atoms with Crippen LogP contribution < -0.4 is 5.73 Å². The Bertz CT molecular complexity index is 355. The highest BCUT2D eigenvalue weighted by Gasteiger charge is 2.29. The molecule has 1 aliphatic carbocycles. The van der Waals surface area contributed by atoms with Crippen molar-refractivity contribution in [1.82, 2.24) is 9.88 Å². The number of aromatic nitrogens is 1. The minimum atomic E-state index is 0.0632. The van der Waals surface area contributed by atoms with E-state index in [1.165, 1.54) is 25.1 Å². The molecular weight excluding hydrogens is 230 g/mol. The molecule has 0 aliphatic heterocycles. The Morgan fingerprint density at radius 1 is 1.47 bits per heavy atom. The van der Waals surface area contributed by atoms with Crippen molar-refractivity contribution in [3.63, 3.8) is 0 Å². The van der Waals surface area contributed by atoms with Gasteiger partial charge in [-0.15, -0.1) is 11.3 Å². The van der Waals surface area contributed by atoms with Crippen LogP contribution in [-0.2, 0) is 6.54 Å². The van der Waals surface area contributed by atoms with Crippen molar-refractivity contribution in [2.45, 2.75) is 52.2 Å². The molecule has 2 rings (SSSR count). The molecule has 1 heterocycles. The fraction of sp³-hybridized carbons (Fsp3) is 0.769. The Morgan fingerprint density at radius 2 is 2.18 bits per heavy atom. The molecule has 1 atom stereocenters. The first-order chi connectivity index (χ1) is 8.06. The first-order valence-electron chi connectivity index (χ1n) is 6.50. The highest BCUT2D eigenvalue weighted by Crippen LogP contribution is 2.29. The van der Waals surface area contributed by atoms with Gasteiger partial charge in [-0.1, -0.05) is 13.8 Å². The molecule has 1 fully saturated rings. The summed E-state index contributed by atoms with van der Waals surface area (Å²) >= 11 is 1.69. The second-order valence-electron chi connectivity index (χ2n) is 5.52. The van der Waals surface area contributed by atoms with Gasteiger partial charge in [0.1, 0.15) is 5.01 Å². The molecule has 1 aliphatic rings. The molecule has 3 nitrogen and oxygen atoms in total. The van der Waals surface area contributed by atoms with E-state index in [0.29, 0.717) is 0 Å². The quantitative estimate of drug-likeness (QED) is 0.847. The van der Waals surface area contributed by atoms with Crippen molar-refractivity contribution in [2.75, 3.05) is 6.54 Å². The predicted octanol–water partition coefficient (Wildman–Crippen LogP) is 2.78. The maximum Gasteiger partial charge on any atom is 0.109 e. The molecule has 1 aromatic rings. The van der Waals surface area contributed by atoms with Crippen LogP contribution in [0.4, 0.5) is 0 Å². The molecular formula is C13H23N3S. The fourth-order valence-electron chi connectivity index (χ4n) is 2.06. The zero-order valence-electron chi connectivity index (χ0n) is 11.0. The van der Waals surface area contributed by atoms with E-state index < -0.39 is 0 Å². The van der Waals surface area contributed by atoms with Crippen LogP contribution in [0.2, 0.25) is 0 Å². The van der Waals surface area contributed by atoms with Gasteiger partial charge in [0.15, 0.2) is 0 Å². The SMILES string of the molecule is CC(C)CN(Cc1csc(C(C)N)n1)C1CC1. The smallest absolute Gasteiger partial charge is 0.109 e. The van der Waals surface area contributed by atoms with E-state index in [4.69, 9.17) is 5.73 Å². The molecule has 0 spiro atoms. The molecule has 96 valence electrons. The highest BCUT2D eigenvalue weighted by atomic mass is 32.1. The number of hydrogen-bond donors (Lipinski definition) is 1. The Balaban J connectivity index is 1.96. The molecule has 1 aromatic heterocycles. The average molecular weight is 253 g/mol. The normalized spacial score (nSPS) is 18.0. The van der Waals surface area contributed by atoms with Gasteiger partial charge >= 0.3 is 0 Å². The van der Waals surface area contributed by atoms with Crippen LogP contribution in [0.3, 0.4) is 0 Å². The zero-order valence-corrected chi connectivity index (χ0v) is 11.8. The zero-order chi connectivity index (χ0) is 12.4. The Labute approximate surface area is 108 Å². The number of nitrogens with two attached hydrogens (primary N) is 1. The van der Waals surface area contributed by atoms with Crippen molar-refractivity contribution < 1.29 is 0 Å². The van der Waals surface area contributed by atoms with Crippen molar-refractivity contribution >= 4 is 11.3 Å². The molecule has 1 unspecified atom stereocenters. The van der Waals surface area contributed by atoms with E-state index in [0.717, 1.165) is 23.5 Å². The van der Waals surface area contributed by atoms with Crippen LogP contribution in [-0.4, -0.2) is 22.5 Å². The van der Waals surface area contributed by atoms with Gasteiger partial charge < -0.3 is 5.73 Å². The van der Waals surface area contributed by atoms with Gasteiger partial charge in [0.05, 0.1) is 11.7 Å². The third-order valence-electron chi connectivity index (χ3n) is 2.99. The van der Waals surface area contributed by atoms with Crippen LogP contribution in [0, 0.1) is 5.92 Å². The molecule has 2 N–H and O–H groups in total. The summed E-state index contributed by atoms with van der Waals surface area (Å²) in [6.45, 7) is 8.73. The first-order valence-corrected chi connectivity index (χ1v) is 7.38. The number of nitrogens with zero attached hydrogens (tertiary/aromatic N) is 2. The summed E-state index contributed by atoms with van der Waals surface area (Å²) in [7, 11) is 0. The second kappa shape index (κ2) is 5.46. The Hall–Kier alpha value is -0.450. The van der Waals surface area contributed by atoms with Gasteiger partial charge in [-0.25, -0.2) is 4.98 Å². The van der Waals surface area contributed by atoms with Gasteiger partial charge in [0, 0.05) is 24.5 Å². The molecule has 0 saturated heterocycles. The number of hydrogen-bond acceptors (Lipinski definition) is 4. The fourth-order valence-corrected chi connectivity index (χ4v) is 2.83. The standard InChI is InChI=1S/C13H23N3S/c1-9(2)6-16(12-4-5-12)7-11-8-17-13(15-11)10(3)14/h8-10,12H,4-7,14H2,1-3H3. The minimum Gasteiger partial charge on any atom is -0.322 e. The summed E-state index contributed by atoms with van der Waals surface area (Å²) in [5.41, 5.74) is 7.03. The van der Waals surface area contributed by atoms with Gasteiger partial charge in [0.25, 0.3) is 0 Å². The van der Waals surface area contributed by atoms with Crippen molar-refractivity contribution in [2.24, 2.45) is 11.7 Å². The second-order valence-corrected chi connectivity index (χ2v) is 6.41. The summed E-state index contributed by atoms with van der Waals surface area (Å²) in [5.74, 6) is 0.724. The third kappa shape index (κ3) is 3.76. The predicted molar refractivity (Wildman–Crippen MR) is 73.0 cm³/mol. The van der Waals surface area contributed by atoms with Gasteiger partial charge in [-0.3, -0.25) is 4.90 Å². The van der Waals surface area contributed by atoms with Crippen LogP contribution in [0.25, 0.3) is 0 Å². The van der Waals surface area contributed by atoms with Crippen molar-refractivity contribution in [1.29, 1.82) is 0 Å². The summed E-state index contributed by atoms with van der Waals surface area (Å²) in [6, 6.07) is 0.867. The Kier molecular flexibility index (Phi) is 4.17. The lowest BCUT2D eigenvalue weighted by Gasteiger charge is -2.22. The lowest BCUT2D eigenvalue weighted by molar-refractivity contribution is 0.224. The van der Waals surface area contributed by atoms with Crippen molar-refractivity contribution in [3.05, 3.63) is 16.1 Å². The lowest BCUT2D eigenvalue weighted by Crippen LogP contribution is -2.29. The highest BCUT2D eigenvalue weighted by molar-refractivity contribution is 7.09. The average Bonchev–Trinajstić information content (AvgIpc) is 2.97. The summed E-state index contributed by atoms with van der Waals surface area (Å²) in [6.07, 6.45) is 2.72. The first kappa shape index (κ1) is 13.0. The van der Waals surface area contributed by atoms with E-state index in [9.17, 15) is 0 Å². The topological polar surface area (TPSA) is 42.1 Å². The van der Waals surface area contributed by atoms with Gasteiger partial charge in [0.2, 0.25) is 0 Å². The number of thiazole rings is 1. The molecule has 0 aromatic carbocycles. The maximum atomic E-state index is 5.85. The molecule has 0 radical (unpaired) electrons. The van der Waals surface area contributed by atoms with E-state index in [2.05, 4.69) is 29.1 Å².